The van der Waals surface area contributed by atoms with Crippen molar-refractivity contribution in [2.45, 2.75) is 44.0 Å². The molecule has 0 aromatic heterocycles. The molecule has 0 unspecified atom stereocenters. The minimum absolute atomic E-state index is 0.406. The summed E-state index contributed by atoms with van der Waals surface area (Å²) >= 11 is 0. The monoisotopic (exact) mass is 211 g/mol. The highest BCUT2D eigenvalue weighted by Crippen LogP contribution is 2.21. The third-order valence-electron chi connectivity index (χ3n) is 2.30. The van der Waals surface area contributed by atoms with Crippen molar-refractivity contribution >= 4 is 5.91 Å². The third kappa shape index (κ3) is 2.87. The van der Waals surface area contributed by atoms with Gasteiger partial charge < -0.3 is 10.4 Å². The number of halogens is 3. The van der Waals surface area contributed by atoms with Crippen LogP contribution in [-0.4, -0.2) is 29.3 Å². The van der Waals surface area contributed by atoms with Crippen LogP contribution in [0.2, 0.25) is 0 Å². The van der Waals surface area contributed by atoms with Crippen molar-refractivity contribution < 1.29 is 23.1 Å². The number of alkyl halides is 3. The lowest BCUT2D eigenvalue weighted by Gasteiger charge is -2.28. The van der Waals surface area contributed by atoms with Crippen LogP contribution in [-0.2, 0) is 4.79 Å². The second-order valence-electron chi connectivity index (χ2n) is 3.43. The van der Waals surface area contributed by atoms with Gasteiger partial charge in [-0.3, -0.25) is 4.79 Å². The molecule has 0 aliphatic heterocycles. The van der Waals surface area contributed by atoms with Crippen molar-refractivity contribution in [3.05, 3.63) is 0 Å². The fraction of sp³-hybridized carbons (Fsp3) is 0.875. The number of carbonyl (C=O) groups excluding carboxylic acids is 1. The standard InChI is InChI=1S/C8H12F3NO2/c9-8(10,11)7(14)12-5-3-1-2-4-6(5)13/h5-6,13H,1-4H2,(H,12,14)/t5-,6+/m1/s1. The van der Waals surface area contributed by atoms with E-state index in [0.29, 0.717) is 12.8 Å². The molecule has 1 rings (SSSR count). The number of aliphatic hydroxyl groups excluding tert-OH is 1. The van der Waals surface area contributed by atoms with E-state index < -0.39 is 24.2 Å². The quantitative estimate of drug-likeness (QED) is 0.679. The molecule has 2 N–H and O–H groups in total. The fourth-order valence-electron chi connectivity index (χ4n) is 1.53. The highest BCUT2D eigenvalue weighted by Gasteiger charge is 2.40. The highest BCUT2D eigenvalue weighted by atomic mass is 19.4. The average Bonchev–Trinajstić information content (AvgIpc) is 2.07. The van der Waals surface area contributed by atoms with Crippen LogP contribution in [0.4, 0.5) is 13.2 Å². The van der Waals surface area contributed by atoms with E-state index in [2.05, 4.69) is 0 Å². The van der Waals surface area contributed by atoms with Gasteiger partial charge in [0.1, 0.15) is 0 Å². The molecule has 6 heteroatoms. The van der Waals surface area contributed by atoms with Gasteiger partial charge in [0, 0.05) is 0 Å². The van der Waals surface area contributed by atoms with Gasteiger partial charge in [-0.2, -0.15) is 13.2 Å². The summed E-state index contributed by atoms with van der Waals surface area (Å²) in [5, 5.41) is 11.1. The molecule has 1 saturated carbocycles. The predicted octanol–water partition coefficient (Wildman–Crippen LogP) is 0.968. The SMILES string of the molecule is O=C(N[C@@H]1CCCC[C@@H]1O)C(F)(F)F. The molecule has 0 saturated heterocycles. The van der Waals surface area contributed by atoms with E-state index in [4.69, 9.17) is 0 Å². The van der Waals surface area contributed by atoms with Gasteiger partial charge in [0.25, 0.3) is 0 Å². The van der Waals surface area contributed by atoms with Crippen LogP contribution in [0.3, 0.4) is 0 Å². The van der Waals surface area contributed by atoms with E-state index in [1.165, 1.54) is 0 Å². The largest absolute Gasteiger partial charge is 0.471 e. The Labute approximate surface area is 79.3 Å². The van der Waals surface area contributed by atoms with Crippen molar-refractivity contribution in [3.8, 4) is 0 Å². The normalized spacial score (nSPS) is 28.6. The van der Waals surface area contributed by atoms with Crippen molar-refractivity contribution in [2.24, 2.45) is 0 Å². The molecule has 1 fully saturated rings. The first-order chi connectivity index (χ1) is 6.41. The van der Waals surface area contributed by atoms with Gasteiger partial charge in [-0.25, -0.2) is 0 Å². The summed E-state index contributed by atoms with van der Waals surface area (Å²) < 4.78 is 35.5. The lowest BCUT2D eigenvalue weighted by Crippen LogP contribution is -2.49. The van der Waals surface area contributed by atoms with Gasteiger partial charge in [-0.15, -0.1) is 0 Å². The number of hydrogen-bond donors (Lipinski definition) is 2. The molecule has 1 amide bonds. The molecule has 2 atom stereocenters. The minimum Gasteiger partial charge on any atom is -0.391 e. The van der Waals surface area contributed by atoms with Crippen LogP contribution < -0.4 is 5.32 Å². The second-order valence-corrected chi connectivity index (χ2v) is 3.43. The van der Waals surface area contributed by atoms with Crippen LogP contribution in [0.5, 0.6) is 0 Å². The Morgan fingerprint density at radius 3 is 2.36 bits per heavy atom. The molecule has 0 aromatic rings. The maximum absolute atomic E-state index is 11.8. The smallest absolute Gasteiger partial charge is 0.391 e. The van der Waals surface area contributed by atoms with Crippen LogP contribution in [0.15, 0.2) is 0 Å². The van der Waals surface area contributed by atoms with Gasteiger partial charge in [0.2, 0.25) is 0 Å². The molecule has 3 nitrogen and oxygen atoms in total. The lowest BCUT2D eigenvalue weighted by molar-refractivity contribution is -0.175. The Kier molecular flexibility index (Phi) is 3.36. The molecule has 0 bridgehead atoms. The van der Waals surface area contributed by atoms with Crippen molar-refractivity contribution in [2.75, 3.05) is 0 Å². The van der Waals surface area contributed by atoms with E-state index >= 15 is 0 Å². The summed E-state index contributed by atoms with van der Waals surface area (Å²) in [7, 11) is 0. The fourth-order valence-corrected chi connectivity index (χ4v) is 1.53. The van der Waals surface area contributed by atoms with Crippen LogP contribution in [0.25, 0.3) is 0 Å². The molecular weight excluding hydrogens is 199 g/mol. The maximum atomic E-state index is 11.8. The van der Waals surface area contributed by atoms with Crippen LogP contribution in [0, 0.1) is 0 Å². The minimum atomic E-state index is -4.86. The second kappa shape index (κ2) is 4.16. The number of rotatable bonds is 1. The van der Waals surface area contributed by atoms with E-state index in [1.807, 2.05) is 0 Å². The summed E-state index contributed by atoms with van der Waals surface area (Å²) in [4.78, 5) is 10.5. The molecule has 14 heavy (non-hydrogen) atoms. The zero-order valence-corrected chi connectivity index (χ0v) is 7.47. The number of amides is 1. The first kappa shape index (κ1) is 11.3. The summed E-state index contributed by atoms with van der Waals surface area (Å²) in [6.45, 7) is 0. The highest BCUT2D eigenvalue weighted by molar-refractivity contribution is 5.82. The van der Waals surface area contributed by atoms with Crippen molar-refractivity contribution in [1.82, 2.24) is 5.32 Å². The predicted molar refractivity (Wildman–Crippen MR) is 42.5 cm³/mol. The van der Waals surface area contributed by atoms with Gasteiger partial charge in [-0.05, 0) is 12.8 Å². The summed E-state index contributed by atoms with van der Waals surface area (Å²) in [6, 6.07) is -0.752. The molecular formula is C8H12F3NO2. The molecule has 1 aliphatic rings. The Morgan fingerprint density at radius 2 is 1.86 bits per heavy atom. The average molecular weight is 211 g/mol. The number of nitrogens with one attached hydrogen (secondary N) is 1. The van der Waals surface area contributed by atoms with Crippen LogP contribution in [0.1, 0.15) is 25.7 Å². The first-order valence-electron chi connectivity index (χ1n) is 4.47. The molecule has 0 radical (unpaired) electrons. The van der Waals surface area contributed by atoms with Crippen molar-refractivity contribution in [3.63, 3.8) is 0 Å². The number of carbonyl (C=O) groups is 1. The van der Waals surface area contributed by atoms with E-state index in [0.717, 1.165) is 12.8 Å². The Morgan fingerprint density at radius 1 is 1.29 bits per heavy atom. The number of hydrogen-bond acceptors (Lipinski definition) is 2. The molecule has 0 spiro atoms. The summed E-state index contributed by atoms with van der Waals surface area (Å²) in [5.41, 5.74) is 0. The lowest BCUT2D eigenvalue weighted by atomic mass is 9.92. The van der Waals surface area contributed by atoms with E-state index in [1.54, 1.807) is 5.32 Å². The molecule has 0 heterocycles. The molecule has 1 aliphatic carbocycles. The van der Waals surface area contributed by atoms with Gasteiger partial charge in [0.05, 0.1) is 12.1 Å². The Bertz CT molecular complexity index is 217. The summed E-state index contributed by atoms with van der Waals surface area (Å²) in [6.07, 6.45) is -3.34. The Hall–Kier alpha value is -0.780. The zero-order valence-electron chi connectivity index (χ0n) is 7.47. The first-order valence-corrected chi connectivity index (χ1v) is 4.47. The molecule has 0 aromatic carbocycles. The van der Waals surface area contributed by atoms with Gasteiger partial charge >= 0.3 is 12.1 Å². The summed E-state index contributed by atoms with van der Waals surface area (Å²) in [5.74, 6) is -1.97. The topological polar surface area (TPSA) is 49.3 Å². The zero-order chi connectivity index (χ0) is 10.8. The van der Waals surface area contributed by atoms with Gasteiger partial charge in [0.15, 0.2) is 0 Å². The van der Waals surface area contributed by atoms with Crippen molar-refractivity contribution in [1.29, 1.82) is 0 Å². The maximum Gasteiger partial charge on any atom is 0.471 e. The number of aliphatic hydroxyl groups is 1. The van der Waals surface area contributed by atoms with Gasteiger partial charge in [-0.1, -0.05) is 12.8 Å². The van der Waals surface area contributed by atoms with E-state index in [-0.39, 0.29) is 0 Å². The molecule has 82 valence electrons. The van der Waals surface area contributed by atoms with Crippen LogP contribution >= 0.6 is 0 Å². The van der Waals surface area contributed by atoms with E-state index in [9.17, 15) is 23.1 Å². The Balaban J connectivity index is 2.46. The third-order valence-corrected chi connectivity index (χ3v) is 2.30.